The molecule has 4 heteroatoms. The molecule has 2 N–H and O–H groups in total. The maximum atomic E-state index is 11.0. The minimum Gasteiger partial charge on any atom is -0.481 e. The third-order valence-corrected chi connectivity index (χ3v) is 1.91. The van der Waals surface area contributed by atoms with Crippen LogP contribution in [0.3, 0.4) is 0 Å². The van der Waals surface area contributed by atoms with Gasteiger partial charge in [0.25, 0.3) is 0 Å². The fraction of sp³-hybridized carbons (Fsp3) is 0.636. The summed E-state index contributed by atoms with van der Waals surface area (Å²) in [5.74, 6) is 0.771. The van der Waals surface area contributed by atoms with Crippen molar-refractivity contribution in [2.45, 2.75) is 26.7 Å². The second-order valence-corrected chi connectivity index (χ2v) is 3.85. The third kappa shape index (κ3) is 6.55. The van der Waals surface area contributed by atoms with Gasteiger partial charge in [-0.15, -0.1) is 6.42 Å². The number of hydrogen-bond acceptors (Lipinski definition) is 2. The van der Waals surface area contributed by atoms with E-state index in [1.165, 1.54) is 0 Å². The highest BCUT2D eigenvalue weighted by atomic mass is 16.4. The fourth-order valence-corrected chi connectivity index (χ4v) is 1.23. The molecule has 1 unspecified atom stereocenters. The molecule has 0 saturated heterocycles. The van der Waals surface area contributed by atoms with Gasteiger partial charge in [0.2, 0.25) is 5.91 Å². The van der Waals surface area contributed by atoms with Gasteiger partial charge in [-0.3, -0.25) is 9.59 Å². The summed E-state index contributed by atoms with van der Waals surface area (Å²) in [4.78, 5) is 21.8. The molecule has 15 heavy (non-hydrogen) atoms. The van der Waals surface area contributed by atoms with E-state index in [0.29, 0.717) is 6.42 Å². The molecule has 1 amide bonds. The Morgan fingerprint density at radius 2 is 2.07 bits per heavy atom. The first-order chi connectivity index (χ1) is 6.97. The molecule has 1 atom stereocenters. The number of nitrogens with one attached hydrogen (secondary N) is 1. The summed E-state index contributed by atoms with van der Waals surface area (Å²) < 4.78 is 0. The SMILES string of the molecule is C#CCC(=O)NCC(CC(C)C)C(=O)O. The van der Waals surface area contributed by atoms with Crippen LogP contribution in [0.4, 0.5) is 0 Å². The van der Waals surface area contributed by atoms with E-state index >= 15 is 0 Å². The van der Waals surface area contributed by atoms with Crippen LogP contribution in [-0.4, -0.2) is 23.5 Å². The van der Waals surface area contributed by atoms with Crippen LogP contribution in [0.5, 0.6) is 0 Å². The van der Waals surface area contributed by atoms with Gasteiger partial charge in [0, 0.05) is 6.54 Å². The van der Waals surface area contributed by atoms with Crippen LogP contribution in [0, 0.1) is 24.2 Å². The van der Waals surface area contributed by atoms with Crippen LogP contribution >= 0.6 is 0 Å². The van der Waals surface area contributed by atoms with Crippen LogP contribution in [0.2, 0.25) is 0 Å². The summed E-state index contributed by atoms with van der Waals surface area (Å²) in [6.45, 7) is 4.03. The highest BCUT2D eigenvalue weighted by Crippen LogP contribution is 2.10. The van der Waals surface area contributed by atoms with E-state index < -0.39 is 11.9 Å². The van der Waals surface area contributed by atoms with E-state index in [4.69, 9.17) is 11.5 Å². The van der Waals surface area contributed by atoms with Crippen molar-refractivity contribution in [3.63, 3.8) is 0 Å². The van der Waals surface area contributed by atoms with Gasteiger partial charge < -0.3 is 10.4 Å². The molecule has 0 aromatic heterocycles. The predicted octanol–water partition coefficient (Wildman–Crippen LogP) is 0.873. The average molecular weight is 211 g/mol. The van der Waals surface area contributed by atoms with Gasteiger partial charge in [0.15, 0.2) is 0 Å². The normalized spacial score (nSPS) is 11.9. The van der Waals surface area contributed by atoms with Gasteiger partial charge in [0.1, 0.15) is 0 Å². The Bertz CT molecular complexity index is 265. The molecule has 0 radical (unpaired) electrons. The topological polar surface area (TPSA) is 66.4 Å². The largest absolute Gasteiger partial charge is 0.481 e. The third-order valence-electron chi connectivity index (χ3n) is 1.91. The molecule has 0 aromatic rings. The number of amides is 1. The predicted molar refractivity (Wildman–Crippen MR) is 57.0 cm³/mol. The zero-order chi connectivity index (χ0) is 11.8. The van der Waals surface area contributed by atoms with Gasteiger partial charge >= 0.3 is 5.97 Å². The Balaban J connectivity index is 4.03. The number of carboxylic acids is 1. The van der Waals surface area contributed by atoms with Crippen LogP contribution in [0.25, 0.3) is 0 Å². The lowest BCUT2D eigenvalue weighted by Gasteiger charge is -2.14. The second kappa shape index (κ2) is 6.88. The summed E-state index contributed by atoms with van der Waals surface area (Å²) in [5, 5.41) is 11.4. The van der Waals surface area contributed by atoms with Gasteiger partial charge in [-0.2, -0.15) is 0 Å². The van der Waals surface area contributed by atoms with Crippen molar-refractivity contribution in [1.82, 2.24) is 5.32 Å². The molecule has 0 rings (SSSR count). The van der Waals surface area contributed by atoms with E-state index in [9.17, 15) is 9.59 Å². The number of aliphatic carboxylic acids is 1. The van der Waals surface area contributed by atoms with Crippen molar-refractivity contribution in [2.75, 3.05) is 6.54 Å². The smallest absolute Gasteiger partial charge is 0.308 e. The van der Waals surface area contributed by atoms with E-state index in [1.807, 2.05) is 13.8 Å². The lowest BCUT2D eigenvalue weighted by molar-refractivity contribution is -0.142. The molecule has 0 bridgehead atoms. The molecule has 0 heterocycles. The van der Waals surface area contributed by atoms with Crippen molar-refractivity contribution >= 4 is 11.9 Å². The van der Waals surface area contributed by atoms with Crippen molar-refractivity contribution in [2.24, 2.45) is 11.8 Å². The molecule has 0 fully saturated rings. The van der Waals surface area contributed by atoms with Crippen molar-refractivity contribution in [1.29, 1.82) is 0 Å². The van der Waals surface area contributed by atoms with Gasteiger partial charge in [-0.05, 0) is 12.3 Å². The Kier molecular flexibility index (Phi) is 6.19. The molecule has 0 aliphatic heterocycles. The van der Waals surface area contributed by atoms with E-state index in [0.717, 1.165) is 0 Å². The Hall–Kier alpha value is -1.50. The maximum absolute atomic E-state index is 11.0. The molecule has 0 spiro atoms. The minimum absolute atomic E-state index is 0.00593. The molecule has 0 saturated carbocycles. The molecular weight excluding hydrogens is 194 g/mol. The molecule has 4 nitrogen and oxygen atoms in total. The summed E-state index contributed by atoms with van der Waals surface area (Å²) in [6.07, 6.45) is 5.49. The number of carboxylic acid groups (broad SMARTS) is 1. The standard InChI is InChI=1S/C11H17NO3/c1-4-5-10(13)12-7-9(11(14)15)6-8(2)3/h1,8-9H,5-7H2,2-3H3,(H,12,13)(H,14,15). The van der Waals surface area contributed by atoms with Crippen molar-refractivity contribution < 1.29 is 14.7 Å². The monoisotopic (exact) mass is 211 g/mol. The molecular formula is C11H17NO3. The Morgan fingerprint density at radius 3 is 2.47 bits per heavy atom. The summed E-state index contributed by atoms with van der Waals surface area (Å²) in [6, 6.07) is 0. The van der Waals surface area contributed by atoms with Crippen LogP contribution in [0.1, 0.15) is 26.7 Å². The van der Waals surface area contributed by atoms with Crippen LogP contribution < -0.4 is 5.32 Å². The van der Waals surface area contributed by atoms with Crippen molar-refractivity contribution in [3.05, 3.63) is 0 Å². The highest BCUT2D eigenvalue weighted by molar-refractivity contribution is 5.79. The highest BCUT2D eigenvalue weighted by Gasteiger charge is 2.19. The first kappa shape index (κ1) is 13.5. The van der Waals surface area contributed by atoms with Crippen LogP contribution in [-0.2, 0) is 9.59 Å². The van der Waals surface area contributed by atoms with E-state index in [2.05, 4.69) is 11.2 Å². The quantitative estimate of drug-likeness (QED) is 0.641. The van der Waals surface area contributed by atoms with Gasteiger partial charge in [0.05, 0.1) is 12.3 Å². The zero-order valence-corrected chi connectivity index (χ0v) is 9.12. The first-order valence-electron chi connectivity index (χ1n) is 4.90. The van der Waals surface area contributed by atoms with Gasteiger partial charge in [-0.1, -0.05) is 19.8 Å². The second-order valence-electron chi connectivity index (χ2n) is 3.85. The summed E-state index contributed by atoms with van der Waals surface area (Å²) >= 11 is 0. The molecule has 84 valence electrons. The number of carbonyl (C=O) groups excluding carboxylic acids is 1. The molecule has 0 aliphatic rings. The lowest BCUT2D eigenvalue weighted by Crippen LogP contribution is -2.33. The number of terminal acetylenes is 1. The number of rotatable bonds is 6. The first-order valence-corrected chi connectivity index (χ1v) is 4.90. The van der Waals surface area contributed by atoms with Gasteiger partial charge in [-0.25, -0.2) is 0 Å². The lowest BCUT2D eigenvalue weighted by atomic mass is 9.97. The minimum atomic E-state index is -0.885. The molecule has 0 aliphatic carbocycles. The average Bonchev–Trinajstić information content (AvgIpc) is 2.11. The Morgan fingerprint density at radius 1 is 1.47 bits per heavy atom. The summed E-state index contributed by atoms with van der Waals surface area (Å²) in [5.41, 5.74) is 0. The van der Waals surface area contributed by atoms with E-state index in [1.54, 1.807) is 0 Å². The molecule has 0 aromatic carbocycles. The van der Waals surface area contributed by atoms with Crippen molar-refractivity contribution in [3.8, 4) is 12.3 Å². The number of carbonyl (C=O) groups is 2. The Labute approximate surface area is 90.1 Å². The van der Waals surface area contributed by atoms with Crippen LogP contribution in [0.15, 0.2) is 0 Å². The maximum Gasteiger partial charge on any atom is 0.308 e. The van der Waals surface area contributed by atoms with E-state index in [-0.39, 0.29) is 24.8 Å². The zero-order valence-electron chi connectivity index (χ0n) is 9.12. The number of hydrogen-bond donors (Lipinski definition) is 2. The fourth-order valence-electron chi connectivity index (χ4n) is 1.23. The summed E-state index contributed by atoms with van der Waals surface area (Å²) in [7, 11) is 0.